The molecule has 0 atom stereocenters. The van der Waals surface area contributed by atoms with Crippen LogP contribution in [0, 0.1) is 5.82 Å². The number of hydrogen-bond donors (Lipinski definition) is 0. The zero-order valence-electron chi connectivity index (χ0n) is 8.66. The maximum Gasteiger partial charge on any atom is 0.139 e. The maximum absolute atomic E-state index is 13.3. The first-order valence-corrected chi connectivity index (χ1v) is 6.25. The molecule has 3 rings (SSSR count). The molecule has 0 radical (unpaired) electrons. The summed E-state index contributed by atoms with van der Waals surface area (Å²) in [7, 11) is 0. The fourth-order valence-corrected chi connectivity index (χ4v) is 2.68. The van der Waals surface area contributed by atoms with Crippen LogP contribution in [0.5, 0.6) is 0 Å². The molecule has 84 valence electrons. The zero-order valence-corrected chi connectivity index (χ0v) is 10.2. The van der Waals surface area contributed by atoms with Crippen molar-refractivity contribution in [2.45, 2.75) is 31.7 Å². The smallest absolute Gasteiger partial charge is 0.139 e. The van der Waals surface area contributed by atoms with Crippen molar-refractivity contribution >= 4 is 27.0 Å². The Bertz CT molecular complexity index is 531. The summed E-state index contributed by atoms with van der Waals surface area (Å²) >= 11 is 3.20. The fraction of sp³-hybridized carbons (Fsp3) is 0.455. The van der Waals surface area contributed by atoms with Crippen LogP contribution in [-0.2, 0) is 0 Å². The minimum absolute atomic E-state index is 0.286. The van der Waals surface area contributed by atoms with E-state index in [9.17, 15) is 4.39 Å². The molecule has 0 aliphatic heterocycles. The lowest BCUT2D eigenvalue weighted by Gasteiger charge is -2.09. The van der Waals surface area contributed by atoms with Gasteiger partial charge in [-0.1, -0.05) is 18.1 Å². The van der Waals surface area contributed by atoms with E-state index in [0.717, 1.165) is 18.4 Å². The molecule has 0 amide bonds. The van der Waals surface area contributed by atoms with E-state index in [1.165, 1.54) is 18.9 Å². The van der Waals surface area contributed by atoms with E-state index in [-0.39, 0.29) is 5.82 Å². The standard InChI is InChI=1S/C11H11BrFN3/c12-8-5-11-10(6-9(8)13)14-15-16(11)7-3-1-2-4-7/h5-7H,1-4H2. The topological polar surface area (TPSA) is 30.7 Å². The van der Waals surface area contributed by atoms with Crippen LogP contribution in [-0.4, -0.2) is 15.0 Å². The Morgan fingerprint density at radius 3 is 2.81 bits per heavy atom. The Balaban J connectivity index is 2.15. The van der Waals surface area contributed by atoms with Gasteiger partial charge in [-0.2, -0.15) is 0 Å². The summed E-state index contributed by atoms with van der Waals surface area (Å²) in [6, 6.07) is 3.63. The first-order chi connectivity index (χ1) is 7.75. The second-order valence-corrected chi connectivity index (χ2v) is 5.08. The maximum atomic E-state index is 13.3. The predicted octanol–water partition coefficient (Wildman–Crippen LogP) is 3.45. The number of benzene rings is 1. The molecule has 0 N–H and O–H groups in total. The molecule has 1 saturated carbocycles. The van der Waals surface area contributed by atoms with Crippen molar-refractivity contribution in [1.82, 2.24) is 15.0 Å². The Hall–Kier alpha value is -0.970. The lowest BCUT2D eigenvalue weighted by atomic mass is 10.2. The Morgan fingerprint density at radius 1 is 1.31 bits per heavy atom. The normalized spacial score (nSPS) is 17.4. The van der Waals surface area contributed by atoms with Crippen molar-refractivity contribution in [3.05, 3.63) is 22.4 Å². The molecule has 1 aliphatic rings. The Kier molecular flexibility index (Phi) is 2.42. The molecule has 1 heterocycles. The molecule has 1 aliphatic carbocycles. The summed E-state index contributed by atoms with van der Waals surface area (Å²) in [5, 5.41) is 8.16. The number of halogens is 2. The number of nitrogens with zero attached hydrogens (tertiary/aromatic N) is 3. The number of hydrogen-bond acceptors (Lipinski definition) is 2. The van der Waals surface area contributed by atoms with Crippen LogP contribution in [0.15, 0.2) is 16.6 Å². The zero-order chi connectivity index (χ0) is 11.1. The Morgan fingerprint density at radius 2 is 2.06 bits per heavy atom. The SMILES string of the molecule is Fc1cc2nnn(C3CCCC3)c2cc1Br. The van der Waals surface area contributed by atoms with Crippen LogP contribution in [0.3, 0.4) is 0 Å². The molecular weight excluding hydrogens is 273 g/mol. The first kappa shape index (κ1) is 10.2. The summed E-state index contributed by atoms with van der Waals surface area (Å²) in [5.41, 5.74) is 1.55. The molecule has 0 spiro atoms. The second-order valence-electron chi connectivity index (χ2n) is 4.23. The molecule has 3 nitrogen and oxygen atoms in total. The highest BCUT2D eigenvalue weighted by Crippen LogP contribution is 2.32. The van der Waals surface area contributed by atoms with Crippen molar-refractivity contribution in [3.63, 3.8) is 0 Å². The van der Waals surface area contributed by atoms with Gasteiger partial charge in [0.05, 0.1) is 16.0 Å². The lowest BCUT2D eigenvalue weighted by Crippen LogP contribution is -2.06. The summed E-state index contributed by atoms with van der Waals surface area (Å²) in [6.45, 7) is 0. The van der Waals surface area contributed by atoms with Crippen LogP contribution in [0.2, 0.25) is 0 Å². The summed E-state index contributed by atoms with van der Waals surface area (Å²) in [6.07, 6.45) is 4.78. The van der Waals surface area contributed by atoms with E-state index in [1.54, 1.807) is 6.07 Å². The predicted molar refractivity (Wildman–Crippen MR) is 62.7 cm³/mol. The molecule has 1 aromatic carbocycles. The van der Waals surface area contributed by atoms with Crippen molar-refractivity contribution in [2.24, 2.45) is 0 Å². The van der Waals surface area contributed by atoms with Crippen molar-refractivity contribution in [1.29, 1.82) is 0 Å². The Labute approximate surface area is 101 Å². The van der Waals surface area contributed by atoms with Gasteiger partial charge in [-0.3, -0.25) is 0 Å². The van der Waals surface area contributed by atoms with Crippen molar-refractivity contribution in [3.8, 4) is 0 Å². The van der Waals surface area contributed by atoms with Gasteiger partial charge < -0.3 is 0 Å². The molecule has 5 heteroatoms. The van der Waals surface area contributed by atoms with E-state index in [4.69, 9.17) is 0 Å². The summed E-state index contributed by atoms with van der Waals surface area (Å²) < 4.78 is 15.7. The minimum atomic E-state index is -0.286. The van der Waals surface area contributed by atoms with Crippen LogP contribution in [0.25, 0.3) is 11.0 Å². The number of fused-ring (bicyclic) bond motifs is 1. The monoisotopic (exact) mass is 283 g/mol. The second kappa shape index (κ2) is 3.80. The molecule has 16 heavy (non-hydrogen) atoms. The van der Waals surface area contributed by atoms with Gasteiger partial charge in [0.15, 0.2) is 0 Å². The van der Waals surface area contributed by atoms with Gasteiger partial charge in [-0.25, -0.2) is 9.07 Å². The van der Waals surface area contributed by atoms with E-state index in [1.807, 2.05) is 4.68 Å². The van der Waals surface area contributed by atoms with Crippen LogP contribution in [0.1, 0.15) is 31.7 Å². The minimum Gasteiger partial charge on any atom is -0.242 e. The summed E-state index contributed by atoms with van der Waals surface area (Å²) in [5.74, 6) is -0.286. The highest BCUT2D eigenvalue weighted by molar-refractivity contribution is 9.10. The highest BCUT2D eigenvalue weighted by atomic mass is 79.9. The highest BCUT2D eigenvalue weighted by Gasteiger charge is 2.20. The fourth-order valence-electron chi connectivity index (χ4n) is 2.35. The molecule has 2 aromatic rings. The first-order valence-electron chi connectivity index (χ1n) is 5.45. The molecule has 0 bridgehead atoms. The van der Waals surface area contributed by atoms with Crippen molar-refractivity contribution < 1.29 is 4.39 Å². The van der Waals surface area contributed by atoms with Gasteiger partial charge in [0, 0.05) is 6.07 Å². The van der Waals surface area contributed by atoms with Gasteiger partial charge in [-0.15, -0.1) is 5.10 Å². The van der Waals surface area contributed by atoms with E-state index < -0.39 is 0 Å². The molecule has 0 saturated heterocycles. The third kappa shape index (κ3) is 1.54. The third-order valence-electron chi connectivity index (χ3n) is 3.18. The molecule has 1 fully saturated rings. The van der Waals surface area contributed by atoms with Crippen LogP contribution < -0.4 is 0 Å². The molecule has 1 aromatic heterocycles. The van der Waals surface area contributed by atoms with Gasteiger partial charge in [0.25, 0.3) is 0 Å². The van der Waals surface area contributed by atoms with E-state index in [0.29, 0.717) is 16.0 Å². The third-order valence-corrected chi connectivity index (χ3v) is 3.79. The average molecular weight is 284 g/mol. The molecule has 0 unspecified atom stereocenters. The van der Waals surface area contributed by atoms with Crippen LogP contribution in [0.4, 0.5) is 4.39 Å². The van der Waals surface area contributed by atoms with E-state index >= 15 is 0 Å². The quantitative estimate of drug-likeness (QED) is 0.803. The van der Waals surface area contributed by atoms with Gasteiger partial charge >= 0.3 is 0 Å². The number of rotatable bonds is 1. The summed E-state index contributed by atoms with van der Waals surface area (Å²) in [4.78, 5) is 0. The van der Waals surface area contributed by atoms with Crippen molar-refractivity contribution in [2.75, 3.05) is 0 Å². The van der Waals surface area contributed by atoms with E-state index in [2.05, 4.69) is 26.2 Å². The lowest BCUT2D eigenvalue weighted by molar-refractivity contribution is 0.467. The van der Waals surface area contributed by atoms with Crippen LogP contribution >= 0.6 is 15.9 Å². The van der Waals surface area contributed by atoms with Gasteiger partial charge in [0.1, 0.15) is 11.3 Å². The largest absolute Gasteiger partial charge is 0.242 e. The van der Waals surface area contributed by atoms with Gasteiger partial charge in [0.2, 0.25) is 0 Å². The average Bonchev–Trinajstić information content (AvgIpc) is 2.87. The molecular formula is C11H11BrFN3. The number of aromatic nitrogens is 3. The van der Waals surface area contributed by atoms with Gasteiger partial charge in [-0.05, 0) is 34.8 Å².